The van der Waals surface area contributed by atoms with E-state index in [4.69, 9.17) is 5.26 Å². The van der Waals surface area contributed by atoms with Crippen LogP contribution in [0, 0.1) is 18.3 Å². The van der Waals surface area contributed by atoms with E-state index in [-0.39, 0.29) is 11.2 Å². The number of carbonyl (C=O) groups is 1. The van der Waals surface area contributed by atoms with Gasteiger partial charge in [-0.3, -0.25) is 4.79 Å². The Balaban J connectivity index is 1.93. The lowest BCUT2D eigenvalue weighted by Gasteiger charge is -2.18. The number of rotatable bonds is 7. The van der Waals surface area contributed by atoms with E-state index in [0.29, 0.717) is 18.1 Å². The number of nitrogens with one attached hydrogen (secondary N) is 1. The van der Waals surface area contributed by atoms with E-state index >= 15 is 0 Å². The van der Waals surface area contributed by atoms with Crippen LogP contribution in [-0.4, -0.2) is 39.8 Å². The van der Waals surface area contributed by atoms with Crippen LogP contribution in [0.2, 0.25) is 0 Å². The van der Waals surface area contributed by atoms with Crippen molar-refractivity contribution in [3.63, 3.8) is 0 Å². The minimum absolute atomic E-state index is 0.0151. The standard InChI is InChI=1S/C16H19N5OS2/c1-11-6-4-7-13(10-11)18-15-19-20-16(24-15)23-12(2)14(22)21(3)9-5-8-17/h4,6-7,10,12H,5,9H2,1-3H3,(H,18,19)/t12-/m1/s1. The predicted molar refractivity (Wildman–Crippen MR) is 97.6 cm³/mol. The molecule has 0 spiro atoms. The topological polar surface area (TPSA) is 81.9 Å². The first-order valence-electron chi connectivity index (χ1n) is 7.45. The molecule has 1 amide bonds. The first-order chi connectivity index (χ1) is 11.5. The van der Waals surface area contributed by atoms with Crippen LogP contribution in [0.3, 0.4) is 0 Å². The van der Waals surface area contributed by atoms with Gasteiger partial charge in [0.25, 0.3) is 0 Å². The Morgan fingerprint density at radius 1 is 1.50 bits per heavy atom. The molecule has 0 fully saturated rings. The number of aromatic nitrogens is 2. The Labute approximate surface area is 149 Å². The lowest BCUT2D eigenvalue weighted by Crippen LogP contribution is -2.33. The molecule has 6 nitrogen and oxygen atoms in total. The monoisotopic (exact) mass is 361 g/mol. The highest BCUT2D eigenvalue weighted by molar-refractivity contribution is 8.02. The summed E-state index contributed by atoms with van der Waals surface area (Å²) in [4.78, 5) is 13.8. The van der Waals surface area contributed by atoms with Gasteiger partial charge in [0, 0.05) is 19.3 Å². The Kier molecular flexibility index (Phi) is 6.58. The Morgan fingerprint density at radius 2 is 2.29 bits per heavy atom. The summed E-state index contributed by atoms with van der Waals surface area (Å²) in [6, 6.07) is 10.1. The van der Waals surface area contributed by atoms with Crippen molar-refractivity contribution in [3.05, 3.63) is 29.8 Å². The number of amides is 1. The van der Waals surface area contributed by atoms with Crippen molar-refractivity contribution < 1.29 is 4.79 Å². The number of benzene rings is 1. The molecular weight excluding hydrogens is 342 g/mol. The lowest BCUT2D eigenvalue weighted by molar-refractivity contribution is -0.128. The Bertz CT molecular complexity index is 740. The average molecular weight is 361 g/mol. The zero-order chi connectivity index (χ0) is 17.5. The number of aryl methyl sites for hydroxylation is 1. The summed E-state index contributed by atoms with van der Waals surface area (Å²) < 4.78 is 0.736. The van der Waals surface area contributed by atoms with Crippen molar-refractivity contribution >= 4 is 39.8 Å². The quantitative estimate of drug-likeness (QED) is 0.761. The van der Waals surface area contributed by atoms with Gasteiger partial charge < -0.3 is 10.2 Å². The number of thioether (sulfide) groups is 1. The second kappa shape index (κ2) is 8.66. The van der Waals surface area contributed by atoms with E-state index < -0.39 is 0 Å². The van der Waals surface area contributed by atoms with Gasteiger partial charge in [0.2, 0.25) is 11.0 Å². The normalized spacial score (nSPS) is 11.6. The second-order valence-electron chi connectivity index (χ2n) is 5.30. The summed E-state index contributed by atoms with van der Waals surface area (Å²) in [5.74, 6) is -0.0151. The maximum atomic E-state index is 12.2. The van der Waals surface area contributed by atoms with Crippen molar-refractivity contribution in [3.8, 4) is 6.07 Å². The summed E-state index contributed by atoms with van der Waals surface area (Å²) in [5.41, 5.74) is 2.13. The van der Waals surface area contributed by atoms with Gasteiger partial charge in [0.05, 0.1) is 17.7 Å². The lowest BCUT2D eigenvalue weighted by atomic mass is 10.2. The molecule has 8 heteroatoms. The van der Waals surface area contributed by atoms with Gasteiger partial charge in [0.15, 0.2) is 4.34 Å². The Morgan fingerprint density at radius 3 is 3.00 bits per heavy atom. The number of carbonyl (C=O) groups excluding carboxylic acids is 1. The smallest absolute Gasteiger partial charge is 0.235 e. The van der Waals surface area contributed by atoms with Crippen molar-refractivity contribution in [2.45, 2.75) is 29.9 Å². The zero-order valence-electron chi connectivity index (χ0n) is 13.8. The predicted octanol–water partition coefficient (Wildman–Crippen LogP) is 3.44. The Hall–Kier alpha value is -2.11. The average Bonchev–Trinajstić information content (AvgIpc) is 2.98. The second-order valence-corrected chi connectivity index (χ2v) is 7.86. The largest absolute Gasteiger partial charge is 0.344 e. The minimum atomic E-state index is -0.270. The number of hydrogen-bond acceptors (Lipinski definition) is 7. The molecule has 1 N–H and O–H groups in total. The van der Waals surface area contributed by atoms with E-state index in [1.165, 1.54) is 28.7 Å². The fraction of sp³-hybridized carbons (Fsp3) is 0.375. The molecule has 0 aliphatic carbocycles. The van der Waals surface area contributed by atoms with Gasteiger partial charge in [-0.15, -0.1) is 10.2 Å². The molecule has 1 aromatic heterocycles. The SMILES string of the molecule is Cc1cccc(Nc2nnc(S[C@H](C)C(=O)N(C)CCC#N)s2)c1. The van der Waals surface area contributed by atoms with Gasteiger partial charge in [-0.25, -0.2) is 0 Å². The van der Waals surface area contributed by atoms with Crippen molar-refractivity contribution in [1.29, 1.82) is 5.26 Å². The van der Waals surface area contributed by atoms with Crippen LogP contribution in [0.15, 0.2) is 28.6 Å². The van der Waals surface area contributed by atoms with Crippen LogP contribution in [-0.2, 0) is 4.79 Å². The van der Waals surface area contributed by atoms with E-state index in [0.717, 1.165) is 10.0 Å². The third-order valence-corrected chi connectivity index (χ3v) is 5.25. The van der Waals surface area contributed by atoms with Crippen molar-refractivity contribution in [2.24, 2.45) is 0 Å². The molecule has 0 aliphatic heterocycles. The third kappa shape index (κ3) is 5.22. The van der Waals surface area contributed by atoms with E-state index in [9.17, 15) is 4.79 Å². The van der Waals surface area contributed by atoms with Crippen LogP contribution >= 0.6 is 23.1 Å². The number of nitrogens with zero attached hydrogens (tertiary/aromatic N) is 4. The van der Waals surface area contributed by atoms with Crippen LogP contribution in [0.5, 0.6) is 0 Å². The first-order valence-corrected chi connectivity index (χ1v) is 9.15. The zero-order valence-corrected chi connectivity index (χ0v) is 15.4. The molecular formula is C16H19N5OS2. The summed E-state index contributed by atoms with van der Waals surface area (Å²) in [5, 5.41) is 20.5. The van der Waals surface area contributed by atoms with Gasteiger partial charge >= 0.3 is 0 Å². The molecule has 2 rings (SSSR count). The van der Waals surface area contributed by atoms with Crippen molar-refractivity contribution in [2.75, 3.05) is 18.9 Å². The van der Waals surface area contributed by atoms with Gasteiger partial charge in [-0.1, -0.05) is 35.2 Å². The molecule has 1 atom stereocenters. The molecule has 0 saturated carbocycles. The highest BCUT2D eigenvalue weighted by atomic mass is 32.2. The summed E-state index contributed by atoms with van der Waals surface area (Å²) in [7, 11) is 1.71. The highest BCUT2D eigenvalue weighted by Crippen LogP contribution is 2.31. The molecule has 1 heterocycles. The van der Waals surface area contributed by atoms with Crippen LogP contribution < -0.4 is 5.32 Å². The van der Waals surface area contributed by atoms with E-state index in [1.54, 1.807) is 11.9 Å². The van der Waals surface area contributed by atoms with Crippen LogP contribution in [0.1, 0.15) is 18.9 Å². The molecule has 24 heavy (non-hydrogen) atoms. The summed E-state index contributed by atoms with van der Waals surface area (Å²) in [6.07, 6.45) is 0.336. The summed E-state index contributed by atoms with van der Waals surface area (Å²) in [6.45, 7) is 4.31. The highest BCUT2D eigenvalue weighted by Gasteiger charge is 2.20. The molecule has 1 aromatic carbocycles. The van der Waals surface area contributed by atoms with Crippen LogP contribution in [0.4, 0.5) is 10.8 Å². The van der Waals surface area contributed by atoms with Gasteiger partial charge in [0.1, 0.15) is 0 Å². The van der Waals surface area contributed by atoms with Gasteiger partial charge in [-0.2, -0.15) is 5.26 Å². The molecule has 0 unspecified atom stereocenters. The summed E-state index contributed by atoms with van der Waals surface area (Å²) >= 11 is 2.79. The van der Waals surface area contributed by atoms with Crippen molar-refractivity contribution in [1.82, 2.24) is 15.1 Å². The van der Waals surface area contributed by atoms with Crippen LogP contribution in [0.25, 0.3) is 0 Å². The first kappa shape index (κ1) is 18.2. The van der Waals surface area contributed by atoms with E-state index in [1.807, 2.05) is 44.2 Å². The fourth-order valence-corrected chi connectivity index (χ4v) is 4.03. The van der Waals surface area contributed by atoms with Gasteiger partial charge in [-0.05, 0) is 31.5 Å². The molecule has 0 radical (unpaired) electrons. The molecule has 2 aromatic rings. The fourth-order valence-electron chi connectivity index (χ4n) is 1.99. The molecule has 0 saturated heterocycles. The maximum Gasteiger partial charge on any atom is 0.235 e. The maximum absolute atomic E-state index is 12.2. The molecule has 126 valence electrons. The minimum Gasteiger partial charge on any atom is -0.344 e. The molecule has 0 aliphatic rings. The number of anilines is 2. The number of hydrogen-bond donors (Lipinski definition) is 1. The van der Waals surface area contributed by atoms with E-state index in [2.05, 4.69) is 15.5 Å². The number of nitriles is 1. The third-order valence-electron chi connectivity index (χ3n) is 3.24. The molecule has 0 bridgehead atoms.